The summed E-state index contributed by atoms with van der Waals surface area (Å²) in [5.41, 5.74) is 9.98. The molecule has 1 aromatic carbocycles. The number of aromatic nitrogens is 3. The van der Waals surface area contributed by atoms with E-state index in [4.69, 9.17) is 5.73 Å². The van der Waals surface area contributed by atoms with Gasteiger partial charge < -0.3 is 10.3 Å². The van der Waals surface area contributed by atoms with E-state index >= 15 is 0 Å². The largest absolute Gasteiger partial charge is 0.330 e. The Morgan fingerprint density at radius 1 is 1.26 bits per heavy atom. The average Bonchev–Trinajstić information content (AvgIpc) is 2.78. The first-order valence-corrected chi connectivity index (χ1v) is 6.35. The van der Waals surface area contributed by atoms with Crippen molar-refractivity contribution in [3.8, 4) is 11.4 Å². The zero-order valence-electron chi connectivity index (χ0n) is 10.9. The van der Waals surface area contributed by atoms with Crippen LogP contribution in [0.25, 0.3) is 22.4 Å². The lowest BCUT2D eigenvalue weighted by atomic mass is 10.1. The maximum Gasteiger partial charge on any atom is 0.140 e. The van der Waals surface area contributed by atoms with Crippen molar-refractivity contribution in [2.45, 2.75) is 6.42 Å². The zero-order valence-corrected chi connectivity index (χ0v) is 10.9. The van der Waals surface area contributed by atoms with Crippen molar-refractivity contribution in [1.29, 1.82) is 0 Å². The Morgan fingerprint density at radius 2 is 2.16 bits per heavy atom. The SMILES string of the molecule is Cn1c(-c2cccc(CCN)c2)nc2ccncc21. The lowest BCUT2D eigenvalue weighted by Gasteiger charge is -2.05. The Labute approximate surface area is 111 Å². The van der Waals surface area contributed by atoms with E-state index in [-0.39, 0.29) is 0 Å². The van der Waals surface area contributed by atoms with Crippen LogP contribution in [0.5, 0.6) is 0 Å². The third kappa shape index (κ3) is 2.11. The van der Waals surface area contributed by atoms with E-state index < -0.39 is 0 Å². The molecule has 3 aromatic rings. The highest BCUT2D eigenvalue weighted by Gasteiger charge is 2.09. The highest BCUT2D eigenvalue weighted by Crippen LogP contribution is 2.23. The fourth-order valence-electron chi connectivity index (χ4n) is 2.33. The Bertz CT molecular complexity index is 715. The standard InChI is InChI=1S/C15H16N4/c1-19-14-10-17-8-6-13(14)18-15(19)12-4-2-3-11(9-12)5-7-16/h2-4,6,8-10H,5,7,16H2,1H3. The van der Waals surface area contributed by atoms with E-state index in [1.807, 2.05) is 19.3 Å². The molecule has 0 saturated carbocycles. The van der Waals surface area contributed by atoms with Gasteiger partial charge in [0, 0.05) is 18.8 Å². The van der Waals surface area contributed by atoms with E-state index in [9.17, 15) is 0 Å². The molecule has 0 aliphatic carbocycles. The summed E-state index contributed by atoms with van der Waals surface area (Å²) in [6.45, 7) is 0.663. The summed E-state index contributed by atoms with van der Waals surface area (Å²) in [5, 5.41) is 0. The summed E-state index contributed by atoms with van der Waals surface area (Å²) in [6.07, 6.45) is 4.50. The molecular weight excluding hydrogens is 236 g/mol. The lowest BCUT2D eigenvalue weighted by Crippen LogP contribution is -2.02. The van der Waals surface area contributed by atoms with Crippen molar-refractivity contribution in [2.24, 2.45) is 12.8 Å². The van der Waals surface area contributed by atoms with Gasteiger partial charge in [0.2, 0.25) is 0 Å². The molecule has 0 atom stereocenters. The summed E-state index contributed by atoms with van der Waals surface area (Å²) >= 11 is 0. The smallest absolute Gasteiger partial charge is 0.140 e. The monoisotopic (exact) mass is 252 g/mol. The summed E-state index contributed by atoms with van der Waals surface area (Å²) in [4.78, 5) is 8.83. The van der Waals surface area contributed by atoms with Gasteiger partial charge in [-0.15, -0.1) is 0 Å². The third-order valence-corrected chi connectivity index (χ3v) is 3.30. The molecule has 96 valence electrons. The number of hydrogen-bond donors (Lipinski definition) is 1. The maximum atomic E-state index is 5.61. The minimum absolute atomic E-state index is 0.663. The second-order valence-corrected chi connectivity index (χ2v) is 4.60. The van der Waals surface area contributed by atoms with Gasteiger partial charge in [0.25, 0.3) is 0 Å². The number of nitrogens with two attached hydrogens (primary N) is 1. The molecular formula is C15H16N4. The van der Waals surface area contributed by atoms with Crippen LogP contribution in [-0.2, 0) is 13.5 Å². The van der Waals surface area contributed by atoms with Crippen molar-refractivity contribution >= 4 is 11.0 Å². The molecule has 0 amide bonds. The molecule has 2 aromatic heterocycles. The molecule has 0 aliphatic heterocycles. The number of hydrogen-bond acceptors (Lipinski definition) is 3. The van der Waals surface area contributed by atoms with Gasteiger partial charge in [0.1, 0.15) is 5.82 Å². The van der Waals surface area contributed by atoms with Crippen molar-refractivity contribution in [2.75, 3.05) is 6.54 Å². The average molecular weight is 252 g/mol. The van der Waals surface area contributed by atoms with Crippen LogP contribution in [0, 0.1) is 0 Å². The van der Waals surface area contributed by atoms with Gasteiger partial charge >= 0.3 is 0 Å². The summed E-state index contributed by atoms with van der Waals surface area (Å²) < 4.78 is 2.07. The van der Waals surface area contributed by atoms with E-state index in [1.54, 1.807) is 6.20 Å². The summed E-state index contributed by atoms with van der Waals surface area (Å²) in [5.74, 6) is 0.960. The second-order valence-electron chi connectivity index (χ2n) is 4.60. The fraction of sp³-hybridized carbons (Fsp3) is 0.200. The minimum atomic E-state index is 0.663. The van der Waals surface area contributed by atoms with Crippen LogP contribution in [0.4, 0.5) is 0 Å². The number of aryl methyl sites for hydroxylation is 1. The first-order chi connectivity index (χ1) is 9.29. The van der Waals surface area contributed by atoms with Crippen LogP contribution in [0.3, 0.4) is 0 Å². The van der Waals surface area contributed by atoms with Crippen LogP contribution in [0.2, 0.25) is 0 Å². The van der Waals surface area contributed by atoms with Crippen LogP contribution in [-0.4, -0.2) is 21.1 Å². The highest BCUT2D eigenvalue weighted by molar-refractivity contribution is 5.79. The normalized spacial score (nSPS) is 11.1. The third-order valence-electron chi connectivity index (χ3n) is 3.30. The predicted molar refractivity (Wildman–Crippen MR) is 76.7 cm³/mol. The zero-order chi connectivity index (χ0) is 13.2. The highest BCUT2D eigenvalue weighted by atomic mass is 15.1. The molecule has 0 bridgehead atoms. The van der Waals surface area contributed by atoms with E-state index in [0.29, 0.717) is 6.54 Å². The van der Waals surface area contributed by atoms with Crippen molar-refractivity contribution < 1.29 is 0 Å². The molecule has 0 spiro atoms. The second kappa shape index (κ2) is 4.82. The Hall–Kier alpha value is -2.20. The molecule has 4 nitrogen and oxygen atoms in total. The van der Waals surface area contributed by atoms with Crippen LogP contribution in [0.1, 0.15) is 5.56 Å². The number of benzene rings is 1. The molecule has 0 unspecified atom stereocenters. The first-order valence-electron chi connectivity index (χ1n) is 6.35. The summed E-state index contributed by atoms with van der Waals surface area (Å²) in [7, 11) is 2.02. The van der Waals surface area contributed by atoms with Crippen LogP contribution in [0.15, 0.2) is 42.7 Å². The molecule has 0 fully saturated rings. The Morgan fingerprint density at radius 3 is 2.95 bits per heavy atom. The first kappa shape index (κ1) is 11.9. The van der Waals surface area contributed by atoms with E-state index in [0.717, 1.165) is 28.8 Å². The lowest BCUT2D eigenvalue weighted by molar-refractivity contribution is 0.949. The van der Waals surface area contributed by atoms with Gasteiger partial charge in [-0.2, -0.15) is 0 Å². The summed E-state index contributed by atoms with van der Waals surface area (Å²) in [6, 6.07) is 10.3. The van der Waals surface area contributed by atoms with Gasteiger partial charge in [0.15, 0.2) is 0 Å². The minimum Gasteiger partial charge on any atom is -0.330 e. The van der Waals surface area contributed by atoms with Gasteiger partial charge in [-0.25, -0.2) is 4.98 Å². The quantitative estimate of drug-likeness (QED) is 0.777. The number of rotatable bonds is 3. The van der Waals surface area contributed by atoms with Crippen LogP contribution < -0.4 is 5.73 Å². The molecule has 3 rings (SSSR count). The van der Waals surface area contributed by atoms with E-state index in [2.05, 4.69) is 38.8 Å². The topological polar surface area (TPSA) is 56.7 Å². The van der Waals surface area contributed by atoms with Gasteiger partial charge in [-0.1, -0.05) is 18.2 Å². The molecule has 2 N–H and O–H groups in total. The van der Waals surface area contributed by atoms with Crippen molar-refractivity contribution in [1.82, 2.24) is 14.5 Å². The van der Waals surface area contributed by atoms with Crippen LogP contribution >= 0.6 is 0 Å². The Kier molecular flexibility index (Phi) is 3.01. The number of nitrogens with zero attached hydrogens (tertiary/aromatic N) is 3. The van der Waals surface area contributed by atoms with Gasteiger partial charge in [0.05, 0.1) is 17.2 Å². The van der Waals surface area contributed by atoms with E-state index in [1.165, 1.54) is 5.56 Å². The fourth-order valence-corrected chi connectivity index (χ4v) is 2.33. The van der Waals surface area contributed by atoms with Gasteiger partial charge in [-0.3, -0.25) is 4.98 Å². The molecule has 19 heavy (non-hydrogen) atoms. The van der Waals surface area contributed by atoms with Crippen molar-refractivity contribution in [3.05, 3.63) is 48.3 Å². The number of imidazole rings is 1. The maximum absolute atomic E-state index is 5.61. The molecule has 2 heterocycles. The molecule has 0 radical (unpaired) electrons. The van der Waals surface area contributed by atoms with Gasteiger partial charge in [-0.05, 0) is 30.7 Å². The number of fused-ring (bicyclic) bond motifs is 1. The molecule has 4 heteroatoms. The molecule has 0 aliphatic rings. The predicted octanol–water partition coefficient (Wildman–Crippen LogP) is 2.14. The Balaban J connectivity index is 2.13. The number of pyridine rings is 1. The molecule has 0 saturated heterocycles. The van der Waals surface area contributed by atoms with Crippen molar-refractivity contribution in [3.63, 3.8) is 0 Å².